The van der Waals surface area contributed by atoms with Gasteiger partial charge in [0.1, 0.15) is 0 Å². The molecule has 1 aromatic rings. The maximum absolute atomic E-state index is 2.43. The molecule has 1 aliphatic carbocycles. The van der Waals surface area contributed by atoms with Crippen LogP contribution in [0.15, 0.2) is 30.3 Å². The van der Waals surface area contributed by atoms with E-state index in [0.29, 0.717) is 0 Å². The van der Waals surface area contributed by atoms with Gasteiger partial charge in [-0.05, 0) is 0 Å². The molecule has 2 rings (SSSR count). The molecule has 0 aliphatic heterocycles. The van der Waals surface area contributed by atoms with Gasteiger partial charge in [0.05, 0.1) is 0 Å². The Morgan fingerprint density at radius 3 is 2.67 bits per heavy atom. The van der Waals surface area contributed by atoms with Crippen molar-refractivity contribution in [1.82, 2.24) is 0 Å². The van der Waals surface area contributed by atoms with Gasteiger partial charge in [0.2, 0.25) is 0 Å². The summed E-state index contributed by atoms with van der Waals surface area (Å²) in [4.78, 5) is 0. The summed E-state index contributed by atoms with van der Waals surface area (Å²) < 4.78 is 1.69. The second-order valence-corrected chi connectivity index (χ2v) is 8.81. The van der Waals surface area contributed by atoms with Crippen molar-refractivity contribution in [3.05, 3.63) is 41.5 Å². The Morgan fingerprint density at radius 1 is 1.17 bits per heavy atom. The quantitative estimate of drug-likeness (QED) is 0.635. The molecule has 0 aromatic heterocycles. The predicted octanol–water partition coefficient (Wildman–Crippen LogP) is 2.92. The van der Waals surface area contributed by atoms with Gasteiger partial charge in [-0.25, -0.2) is 0 Å². The summed E-state index contributed by atoms with van der Waals surface area (Å²) in [5.74, 6) is 4.85. The van der Waals surface area contributed by atoms with Crippen molar-refractivity contribution < 1.29 is 0 Å². The number of hydrogen-bond acceptors (Lipinski definition) is 0. The van der Waals surface area contributed by atoms with Gasteiger partial charge in [-0.1, -0.05) is 0 Å². The summed E-state index contributed by atoms with van der Waals surface area (Å²) >= 11 is -0.851. The summed E-state index contributed by atoms with van der Waals surface area (Å²) in [5, 5.41) is 0. The van der Waals surface area contributed by atoms with Gasteiger partial charge in [-0.2, -0.15) is 0 Å². The number of rotatable bonds is 1. The Balaban J connectivity index is 2.45. The summed E-state index contributed by atoms with van der Waals surface area (Å²) in [6, 6.07) is 8.81. The monoisotopic (exact) mass is 219 g/mol. The molecule has 1 radical (unpaired) electrons. The van der Waals surface area contributed by atoms with Crippen LogP contribution in [-0.4, -0.2) is 14.3 Å². The predicted molar refractivity (Wildman–Crippen MR) is 55.6 cm³/mol. The average Bonchev–Trinajstić information content (AvgIpc) is 2.47. The minimum atomic E-state index is -0.851. The summed E-state index contributed by atoms with van der Waals surface area (Å²) in [7, 11) is 0. The molecule has 0 fully saturated rings. The second kappa shape index (κ2) is 3.10. The molecule has 0 atom stereocenters. The molecule has 1 aromatic carbocycles. The fourth-order valence-electron chi connectivity index (χ4n) is 1.76. The van der Waals surface area contributed by atoms with E-state index in [1.807, 2.05) is 0 Å². The second-order valence-electron chi connectivity index (χ2n) is 3.48. The molecule has 1 heteroatoms. The van der Waals surface area contributed by atoms with Crippen LogP contribution in [0.1, 0.15) is 11.1 Å². The van der Waals surface area contributed by atoms with Gasteiger partial charge in [0.15, 0.2) is 0 Å². The summed E-state index contributed by atoms with van der Waals surface area (Å²) in [6.45, 7) is 0. The first kappa shape index (κ1) is 8.12. The SMILES string of the molecule is [CH3][Ge]([CH3])[C]1=CCc2ccccc21. The van der Waals surface area contributed by atoms with Gasteiger partial charge >= 0.3 is 78.2 Å². The number of allylic oxidation sites excluding steroid dienone is 1. The van der Waals surface area contributed by atoms with E-state index in [1.165, 1.54) is 17.5 Å². The van der Waals surface area contributed by atoms with Crippen LogP contribution in [0.3, 0.4) is 0 Å². The van der Waals surface area contributed by atoms with Crippen molar-refractivity contribution in [1.29, 1.82) is 0 Å². The van der Waals surface area contributed by atoms with Crippen molar-refractivity contribution >= 4 is 18.8 Å². The first-order valence-electron chi connectivity index (χ1n) is 4.38. The van der Waals surface area contributed by atoms with Crippen LogP contribution in [-0.2, 0) is 6.42 Å². The Kier molecular flexibility index (Phi) is 2.09. The normalized spacial score (nSPS) is 14.8. The van der Waals surface area contributed by atoms with E-state index in [-0.39, 0.29) is 0 Å². The minimum absolute atomic E-state index is 0.851. The van der Waals surface area contributed by atoms with Crippen molar-refractivity contribution in [3.8, 4) is 0 Å². The average molecular weight is 218 g/mol. The van der Waals surface area contributed by atoms with Gasteiger partial charge in [0.25, 0.3) is 0 Å². The summed E-state index contributed by atoms with van der Waals surface area (Å²) in [6.07, 6.45) is 3.60. The Labute approximate surface area is 78.4 Å². The molecule has 0 N–H and O–H groups in total. The zero-order chi connectivity index (χ0) is 8.55. The number of benzene rings is 1. The van der Waals surface area contributed by atoms with E-state index in [9.17, 15) is 0 Å². The van der Waals surface area contributed by atoms with Gasteiger partial charge in [0, 0.05) is 0 Å². The van der Waals surface area contributed by atoms with Crippen LogP contribution in [0, 0.1) is 0 Å². The van der Waals surface area contributed by atoms with Gasteiger partial charge in [-0.15, -0.1) is 0 Å². The van der Waals surface area contributed by atoms with Crippen LogP contribution in [0.2, 0.25) is 11.5 Å². The standard InChI is InChI=1S/C11H13Ge/c1-12(2)11-8-7-9-5-3-4-6-10(9)11/h3-6,8H,7H2,1-2H3. The molecule has 0 saturated carbocycles. The van der Waals surface area contributed by atoms with Gasteiger partial charge < -0.3 is 0 Å². The van der Waals surface area contributed by atoms with Crippen LogP contribution in [0.4, 0.5) is 0 Å². The van der Waals surface area contributed by atoms with Crippen LogP contribution < -0.4 is 0 Å². The molecule has 61 valence electrons. The molecule has 1 aliphatic rings. The number of hydrogen-bond donors (Lipinski definition) is 0. The zero-order valence-electron chi connectivity index (χ0n) is 7.59. The van der Waals surface area contributed by atoms with E-state index in [2.05, 4.69) is 41.9 Å². The number of fused-ring (bicyclic) bond motifs is 1. The third kappa shape index (κ3) is 1.24. The maximum atomic E-state index is 2.43. The van der Waals surface area contributed by atoms with E-state index < -0.39 is 14.3 Å². The fraction of sp³-hybridized carbons (Fsp3) is 0.273. The van der Waals surface area contributed by atoms with Crippen molar-refractivity contribution in [2.45, 2.75) is 17.9 Å². The molecule has 0 saturated heterocycles. The third-order valence-electron chi connectivity index (χ3n) is 2.37. The molecule has 0 amide bonds. The van der Waals surface area contributed by atoms with Crippen molar-refractivity contribution in [3.63, 3.8) is 0 Å². The molecule has 0 spiro atoms. The van der Waals surface area contributed by atoms with Crippen LogP contribution in [0.5, 0.6) is 0 Å². The molecule has 12 heavy (non-hydrogen) atoms. The van der Waals surface area contributed by atoms with Gasteiger partial charge in [-0.3, -0.25) is 0 Å². The van der Waals surface area contributed by atoms with Crippen LogP contribution in [0.25, 0.3) is 4.41 Å². The molecule has 0 nitrogen and oxygen atoms in total. The summed E-state index contributed by atoms with van der Waals surface area (Å²) in [5.41, 5.74) is 3.07. The van der Waals surface area contributed by atoms with E-state index in [0.717, 1.165) is 0 Å². The van der Waals surface area contributed by atoms with E-state index in [4.69, 9.17) is 0 Å². The van der Waals surface area contributed by atoms with Crippen molar-refractivity contribution in [2.75, 3.05) is 0 Å². The molecule has 0 heterocycles. The Hall–Kier alpha value is -0.497. The van der Waals surface area contributed by atoms with Crippen LogP contribution >= 0.6 is 0 Å². The van der Waals surface area contributed by atoms with Crippen molar-refractivity contribution in [2.24, 2.45) is 0 Å². The topological polar surface area (TPSA) is 0 Å². The molecular formula is C11H13Ge. The third-order valence-corrected chi connectivity index (χ3v) is 5.63. The first-order chi connectivity index (χ1) is 5.79. The first-order valence-corrected chi connectivity index (χ1v) is 9.62. The Bertz CT molecular complexity index is 324. The Morgan fingerprint density at radius 2 is 1.92 bits per heavy atom. The molecule has 0 unspecified atom stereocenters. The fourth-order valence-corrected chi connectivity index (χ4v) is 4.47. The van der Waals surface area contributed by atoms with E-state index >= 15 is 0 Å². The van der Waals surface area contributed by atoms with E-state index in [1.54, 1.807) is 4.41 Å². The molecule has 0 bridgehead atoms. The molecular weight excluding hydrogens is 205 g/mol. The zero-order valence-corrected chi connectivity index (χ0v) is 9.69.